The molecule has 1 aliphatic heterocycles. The summed E-state index contributed by atoms with van der Waals surface area (Å²) in [6, 6.07) is 14.3. The number of rotatable bonds is 4. The van der Waals surface area contributed by atoms with Crippen molar-refractivity contribution in [1.82, 2.24) is 0 Å². The molecule has 118 valence electrons. The summed E-state index contributed by atoms with van der Waals surface area (Å²) in [5.74, 6) is -0.933. The topological polar surface area (TPSA) is 72.8 Å². The Morgan fingerprint density at radius 2 is 1.83 bits per heavy atom. The number of cyclic esters (lactones) is 1. The molecule has 3 rings (SSSR count). The molecule has 1 heterocycles. The van der Waals surface area contributed by atoms with Crippen LogP contribution in [0.3, 0.4) is 0 Å². The van der Waals surface area contributed by atoms with Crippen LogP contribution < -0.4 is 0 Å². The molecule has 1 aliphatic rings. The van der Waals surface area contributed by atoms with Gasteiger partial charge in [0.2, 0.25) is 0 Å². The minimum atomic E-state index is -1.01. The third kappa shape index (κ3) is 3.40. The van der Waals surface area contributed by atoms with Crippen molar-refractivity contribution in [2.24, 2.45) is 0 Å². The molecule has 23 heavy (non-hydrogen) atoms. The Hall–Kier alpha value is -2.66. The Morgan fingerprint density at radius 3 is 2.61 bits per heavy atom. The van der Waals surface area contributed by atoms with E-state index in [1.165, 1.54) is 0 Å². The van der Waals surface area contributed by atoms with Crippen LogP contribution >= 0.6 is 0 Å². The molecule has 5 heteroatoms. The molecule has 2 aromatic carbocycles. The van der Waals surface area contributed by atoms with Crippen molar-refractivity contribution < 1.29 is 24.2 Å². The molecule has 0 aliphatic carbocycles. The van der Waals surface area contributed by atoms with Gasteiger partial charge in [0.15, 0.2) is 0 Å². The maximum absolute atomic E-state index is 12.2. The number of hydrogen-bond acceptors (Lipinski definition) is 5. The summed E-state index contributed by atoms with van der Waals surface area (Å²) in [5.41, 5.74) is 2.86. The molecule has 1 atom stereocenters. The number of aliphatic hydroxyl groups is 1. The van der Waals surface area contributed by atoms with Gasteiger partial charge >= 0.3 is 11.9 Å². The first-order valence-electron chi connectivity index (χ1n) is 7.32. The minimum Gasteiger partial charge on any atom is -0.420 e. The van der Waals surface area contributed by atoms with E-state index in [-0.39, 0.29) is 19.4 Å². The molecule has 0 bridgehead atoms. The van der Waals surface area contributed by atoms with Crippen molar-refractivity contribution in [3.8, 4) is 0 Å². The van der Waals surface area contributed by atoms with Crippen molar-refractivity contribution in [2.75, 3.05) is 0 Å². The molecule has 1 unspecified atom stereocenters. The predicted octanol–water partition coefficient (Wildman–Crippen LogP) is 2.06. The molecule has 1 N–H and O–H groups in total. The van der Waals surface area contributed by atoms with Crippen LogP contribution in [0.25, 0.3) is 0 Å². The normalized spacial score (nSPS) is 16.4. The second-order valence-electron chi connectivity index (χ2n) is 5.29. The molecule has 0 amide bonds. The van der Waals surface area contributed by atoms with Crippen LogP contribution in [-0.2, 0) is 38.5 Å². The second kappa shape index (κ2) is 6.62. The molecule has 0 aromatic heterocycles. The summed E-state index contributed by atoms with van der Waals surface area (Å²) in [7, 11) is 0. The van der Waals surface area contributed by atoms with Crippen LogP contribution in [0.15, 0.2) is 48.5 Å². The lowest BCUT2D eigenvalue weighted by Crippen LogP contribution is -2.26. The fourth-order valence-electron chi connectivity index (χ4n) is 2.59. The molecule has 2 aromatic rings. The highest BCUT2D eigenvalue weighted by Crippen LogP contribution is 2.29. The average Bonchev–Trinajstić information content (AvgIpc) is 2.55. The monoisotopic (exact) mass is 312 g/mol. The van der Waals surface area contributed by atoms with Crippen molar-refractivity contribution in [1.29, 1.82) is 0 Å². The molecule has 0 saturated carbocycles. The first-order valence-corrected chi connectivity index (χ1v) is 7.32. The molecule has 0 saturated heterocycles. The van der Waals surface area contributed by atoms with E-state index in [1.54, 1.807) is 36.4 Å². The minimum absolute atomic E-state index is 0.00690. The maximum Gasteiger partial charge on any atom is 0.313 e. The highest BCUT2D eigenvalue weighted by Gasteiger charge is 2.29. The largest absolute Gasteiger partial charge is 0.420 e. The number of benzene rings is 2. The summed E-state index contributed by atoms with van der Waals surface area (Å²) < 4.78 is 10.5. The van der Waals surface area contributed by atoms with Crippen molar-refractivity contribution in [3.05, 3.63) is 70.8 Å². The number of esters is 2. The highest BCUT2D eigenvalue weighted by atomic mass is 16.7. The van der Waals surface area contributed by atoms with Gasteiger partial charge in [-0.25, -0.2) is 0 Å². The lowest BCUT2D eigenvalue weighted by molar-refractivity contribution is -0.191. The summed E-state index contributed by atoms with van der Waals surface area (Å²) in [5, 5.41) is 9.30. The lowest BCUT2D eigenvalue weighted by atomic mass is 10.0. The number of fused-ring (bicyclic) bond motifs is 1. The van der Waals surface area contributed by atoms with Crippen LogP contribution in [-0.4, -0.2) is 17.0 Å². The first kappa shape index (κ1) is 15.2. The van der Waals surface area contributed by atoms with E-state index in [9.17, 15) is 14.7 Å². The first-order chi connectivity index (χ1) is 11.2. The molecule has 0 fully saturated rings. The van der Waals surface area contributed by atoms with Crippen LogP contribution in [0, 0.1) is 0 Å². The smallest absolute Gasteiger partial charge is 0.313 e. The number of carbonyl (C=O) groups is 2. The van der Waals surface area contributed by atoms with E-state index < -0.39 is 18.2 Å². The molecule has 0 spiro atoms. The van der Waals surface area contributed by atoms with Gasteiger partial charge in [-0.15, -0.1) is 0 Å². The summed E-state index contributed by atoms with van der Waals surface area (Å²) >= 11 is 0. The van der Waals surface area contributed by atoms with E-state index in [0.29, 0.717) is 16.7 Å². The average molecular weight is 312 g/mol. The number of ether oxygens (including phenoxy) is 2. The summed E-state index contributed by atoms with van der Waals surface area (Å²) in [4.78, 5) is 23.8. The third-order valence-electron chi connectivity index (χ3n) is 3.74. The van der Waals surface area contributed by atoms with Gasteiger partial charge < -0.3 is 14.6 Å². The van der Waals surface area contributed by atoms with Gasteiger partial charge in [0, 0.05) is 5.56 Å². The van der Waals surface area contributed by atoms with Gasteiger partial charge in [-0.3, -0.25) is 9.59 Å². The Morgan fingerprint density at radius 1 is 1.13 bits per heavy atom. The Labute approximate surface area is 133 Å². The van der Waals surface area contributed by atoms with Crippen LogP contribution in [0.2, 0.25) is 0 Å². The van der Waals surface area contributed by atoms with E-state index in [4.69, 9.17) is 9.47 Å². The van der Waals surface area contributed by atoms with Gasteiger partial charge in [-0.1, -0.05) is 48.5 Å². The number of hydrogen-bond donors (Lipinski definition) is 1. The molecule has 0 radical (unpaired) electrons. The SMILES string of the molecule is O=C(Cc1ccccc1CO)OC1OC(=O)Cc2ccccc21. The predicted molar refractivity (Wildman–Crippen MR) is 81.1 cm³/mol. The van der Waals surface area contributed by atoms with Gasteiger partial charge in [0.1, 0.15) is 0 Å². The Kier molecular flexibility index (Phi) is 4.39. The number of carbonyl (C=O) groups excluding carboxylic acids is 2. The van der Waals surface area contributed by atoms with Gasteiger partial charge in [0.05, 0.1) is 19.4 Å². The van der Waals surface area contributed by atoms with Crippen molar-refractivity contribution in [3.63, 3.8) is 0 Å². The second-order valence-corrected chi connectivity index (χ2v) is 5.29. The van der Waals surface area contributed by atoms with Gasteiger partial charge in [-0.2, -0.15) is 0 Å². The fourth-order valence-corrected chi connectivity index (χ4v) is 2.59. The highest BCUT2D eigenvalue weighted by molar-refractivity contribution is 5.77. The molecular formula is C18H16O5. The summed E-state index contributed by atoms with van der Waals surface area (Å²) in [6.45, 7) is -0.148. The van der Waals surface area contributed by atoms with Crippen molar-refractivity contribution >= 4 is 11.9 Å². The zero-order chi connectivity index (χ0) is 16.2. The fraction of sp³-hybridized carbons (Fsp3) is 0.222. The molecule has 5 nitrogen and oxygen atoms in total. The Balaban J connectivity index is 1.74. The van der Waals surface area contributed by atoms with E-state index >= 15 is 0 Å². The van der Waals surface area contributed by atoms with E-state index in [2.05, 4.69) is 0 Å². The zero-order valence-electron chi connectivity index (χ0n) is 12.4. The van der Waals surface area contributed by atoms with E-state index in [1.807, 2.05) is 12.1 Å². The van der Waals surface area contributed by atoms with Crippen LogP contribution in [0.1, 0.15) is 28.5 Å². The lowest BCUT2D eigenvalue weighted by Gasteiger charge is -2.25. The quantitative estimate of drug-likeness (QED) is 0.875. The maximum atomic E-state index is 12.2. The molecular weight excluding hydrogens is 296 g/mol. The zero-order valence-corrected chi connectivity index (χ0v) is 12.4. The third-order valence-corrected chi connectivity index (χ3v) is 3.74. The van der Waals surface area contributed by atoms with Gasteiger partial charge in [-0.05, 0) is 16.7 Å². The number of aliphatic hydroxyl groups excluding tert-OH is 1. The van der Waals surface area contributed by atoms with Crippen LogP contribution in [0.4, 0.5) is 0 Å². The van der Waals surface area contributed by atoms with Gasteiger partial charge in [0.25, 0.3) is 6.29 Å². The summed E-state index contributed by atoms with van der Waals surface area (Å²) in [6.07, 6.45) is -0.828. The van der Waals surface area contributed by atoms with E-state index in [0.717, 1.165) is 5.56 Å². The Bertz CT molecular complexity index is 738. The standard InChI is InChI=1S/C18H16O5/c19-11-14-7-2-1-5-12(14)9-16(20)22-18-15-8-4-3-6-13(15)10-17(21)23-18/h1-8,18-19H,9-11H2. The van der Waals surface area contributed by atoms with Crippen LogP contribution in [0.5, 0.6) is 0 Å². The van der Waals surface area contributed by atoms with Crippen molar-refractivity contribution in [2.45, 2.75) is 25.7 Å².